The maximum Gasteiger partial charge on any atom is 0.128 e. The molecule has 2 N–H and O–H groups in total. The third-order valence-electron chi connectivity index (χ3n) is 3.52. The van der Waals surface area contributed by atoms with Crippen molar-refractivity contribution in [1.29, 1.82) is 0 Å². The number of anilines is 1. The molecule has 1 aliphatic heterocycles. The fourth-order valence-electron chi connectivity index (χ4n) is 2.19. The number of rotatable bonds is 3. The van der Waals surface area contributed by atoms with Crippen LogP contribution < -0.4 is 10.6 Å². The van der Waals surface area contributed by atoms with Crippen molar-refractivity contribution >= 4 is 33.5 Å². The van der Waals surface area contributed by atoms with Crippen molar-refractivity contribution in [2.45, 2.75) is 17.6 Å². The molecular formula is C12H18BrN3S. The van der Waals surface area contributed by atoms with Crippen LogP contribution in [0.2, 0.25) is 0 Å². The van der Waals surface area contributed by atoms with Gasteiger partial charge in [0.05, 0.1) is 0 Å². The molecule has 1 aliphatic rings. The lowest BCUT2D eigenvalue weighted by molar-refractivity contribution is 0.455. The van der Waals surface area contributed by atoms with Crippen molar-refractivity contribution in [3.8, 4) is 0 Å². The summed E-state index contributed by atoms with van der Waals surface area (Å²) >= 11 is 5.32. The Morgan fingerprint density at radius 1 is 1.47 bits per heavy atom. The lowest BCUT2D eigenvalue weighted by Crippen LogP contribution is -2.46. The first-order chi connectivity index (χ1) is 8.19. The van der Waals surface area contributed by atoms with Crippen LogP contribution >= 0.6 is 27.7 Å². The molecule has 1 fully saturated rings. The van der Waals surface area contributed by atoms with E-state index in [1.165, 1.54) is 0 Å². The fraction of sp³-hybridized carbons (Fsp3) is 0.583. The van der Waals surface area contributed by atoms with Gasteiger partial charge in [0, 0.05) is 35.1 Å². The standard InChI is InChI=1S/C12H18BrN3S/c1-17-12(9-14)4-6-16(7-5-12)11-3-2-10(13)8-15-11/h2-3,8H,4-7,9,14H2,1H3. The number of aromatic nitrogens is 1. The SMILES string of the molecule is CSC1(CN)CCN(c2ccc(Br)cn2)CC1. The molecule has 1 aromatic heterocycles. The van der Waals surface area contributed by atoms with Crippen LogP contribution in [0.1, 0.15) is 12.8 Å². The summed E-state index contributed by atoms with van der Waals surface area (Å²) in [5.41, 5.74) is 5.89. The van der Waals surface area contributed by atoms with Crippen LogP contribution in [0.15, 0.2) is 22.8 Å². The van der Waals surface area contributed by atoms with Crippen molar-refractivity contribution < 1.29 is 0 Å². The Morgan fingerprint density at radius 2 is 2.18 bits per heavy atom. The highest BCUT2D eigenvalue weighted by molar-refractivity contribution is 9.10. The molecule has 2 rings (SSSR count). The number of hydrogen-bond donors (Lipinski definition) is 1. The predicted octanol–water partition coefficient (Wildman–Crippen LogP) is 2.50. The molecular weight excluding hydrogens is 298 g/mol. The fourth-order valence-corrected chi connectivity index (χ4v) is 3.18. The molecule has 2 heterocycles. The Kier molecular flexibility index (Phi) is 4.33. The van der Waals surface area contributed by atoms with Crippen LogP contribution in [0.25, 0.3) is 0 Å². The zero-order valence-corrected chi connectivity index (χ0v) is 12.4. The van der Waals surface area contributed by atoms with E-state index in [2.05, 4.69) is 38.1 Å². The van der Waals surface area contributed by atoms with E-state index in [1.54, 1.807) is 0 Å². The maximum absolute atomic E-state index is 5.89. The Bertz CT molecular complexity index is 355. The smallest absolute Gasteiger partial charge is 0.128 e. The van der Waals surface area contributed by atoms with Crippen molar-refractivity contribution in [1.82, 2.24) is 4.98 Å². The van der Waals surface area contributed by atoms with E-state index in [-0.39, 0.29) is 4.75 Å². The summed E-state index contributed by atoms with van der Waals surface area (Å²) in [5.74, 6) is 1.07. The maximum atomic E-state index is 5.89. The molecule has 0 spiro atoms. The highest BCUT2D eigenvalue weighted by Crippen LogP contribution is 2.34. The number of nitrogens with two attached hydrogens (primary N) is 1. The first-order valence-corrected chi connectivity index (χ1v) is 7.83. The molecule has 5 heteroatoms. The summed E-state index contributed by atoms with van der Waals surface area (Å²) in [6, 6.07) is 4.11. The Hall–Kier alpha value is -0.260. The summed E-state index contributed by atoms with van der Waals surface area (Å²) in [6.07, 6.45) is 6.31. The second-order valence-corrected chi connectivity index (χ2v) is 6.60. The average molecular weight is 316 g/mol. The lowest BCUT2D eigenvalue weighted by Gasteiger charge is -2.40. The minimum Gasteiger partial charge on any atom is -0.357 e. The van der Waals surface area contributed by atoms with Crippen molar-refractivity contribution in [3.63, 3.8) is 0 Å². The summed E-state index contributed by atoms with van der Waals surface area (Å²) < 4.78 is 1.31. The van der Waals surface area contributed by atoms with Crippen LogP contribution in [-0.2, 0) is 0 Å². The number of halogens is 1. The minimum atomic E-state index is 0.284. The normalized spacial score (nSPS) is 19.4. The van der Waals surface area contributed by atoms with Gasteiger partial charge in [-0.15, -0.1) is 0 Å². The van der Waals surface area contributed by atoms with E-state index in [0.717, 1.165) is 42.8 Å². The van der Waals surface area contributed by atoms with E-state index in [9.17, 15) is 0 Å². The molecule has 0 aliphatic carbocycles. The largest absolute Gasteiger partial charge is 0.357 e. The summed E-state index contributed by atoms with van der Waals surface area (Å²) in [5, 5.41) is 0. The second-order valence-electron chi connectivity index (χ2n) is 4.41. The van der Waals surface area contributed by atoms with Gasteiger partial charge in [-0.25, -0.2) is 4.98 Å². The topological polar surface area (TPSA) is 42.1 Å². The summed E-state index contributed by atoms with van der Waals surface area (Å²) in [7, 11) is 0. The van der Waals surface area contributed by atoms with Gasteiger partial charge in [-0.05, 0) is 47.2 Å². The average Bonchev–Trinajstić information content (AvgIpc) is 2.40. The van der Waals surface area contributed by atoms with E-state index >= 15 is 0 Å². The number of thioether (sulfide) groups is 1. The molecule has 1 saturated heterocycles. The number of nitrogens with zero attached hydrogens (tertiary/aromatic N) is 2. The van der Waals surface area contributed by atoms with Gasteiger partial charge in [0.25, 0.3) is 0 Å². The second kappa shape index (κ2) is 5.59. The van der Waals surface area contributed by atoms with E-state index in [1.807, 2.05) is 24.0 Å². The summed E-state index contributed by atoms with van der Waals surface area (Å²) in [4.78, 5) is 6.79. The number of pyridine rings is 1. The van der Waals surface area contributed by atoms with Gasteiger partial charge in [-0.3, -0.25) is 0 Å². The lowest BCUT2D eigenvalue weighted by atomic mass is 9.96. The Balaban J connectivity index is 2.01. The quantitative estimate of drug-likeness (QED) is 0.930. The molecule has 0 radical (unpaired) electrons. The molecule has 17 heavy (non-hydrogen) atoms. The van der Waals surface area contributed by atoms with Crippen LogP contribution in [-0.4, -0.2) is 35.6 Å². The van der Waals surface area contributed by atoms with Gasteiger partial charge < -0.3 is 10.6 Å². The highest BCUT2D eigenvalue weighted by Gasteiger charge is 2.32. The number of hydrogen-bond acceptors (Lipinski definition) is 4. The van der Waals surface area contributed by atoms with Gasteiger partial charge in [0.1, 0.15) is 5.82 Å². The monoisotopic (exact) mass is 315 g/mol. The Labute approximate surface area is 115 Å². The van der Waals surface area contributed by atoms with Crippen molar-refractivity contribution in [2.75, 3.05) is 30.8 Å². The Morgan fingerprint density at radius 3 is 2.65 bits per heavy atom. The minimum absolute atomic E-state index is 0.284. The molecule has 3 nitrogen and oxygen atoms in total. The van der Waals surface area contributed by atoms with Crippen LogP contribution in [0.4, 0.5) is 5.82 Å². The van der Waals surface area contributed by atoms with Gasteiger partial charge >= 0.3 is 0 Å². The van der Waals surface area contributed by atoms with Gasteiger partial charge in [0.2, 0.25) is 0 Å². The van der Waals surface area contributed by atoms with E-state index in [0.29, 0.717) is 0 Å². The molecule has 0 aromatic carbocycles. The highest BCUT2D eigenvalue weighted by atomic mass is 79.9. The van der Waals surface area contributed by atoms with Crippen LogP contribution in [0.5, 0.6) is 0 Å². The molecule has 0 amide bonds. The van der Waals surface area contributed by atoms with Crippen LogP contribution in [0.3, 0.4) is 0 Å². The summed E-state index contributed by atoms with van der Waals surface area (Å²) in [6.45, 7) is 2.87. The first kappa shape index (κ1) is 13.2. The number of piperidine rings is 1. The molecule has 1 aromatic rings. The third-order valence-corrected chi connectivity index (χ3v) is 5.43. The van der Waals surface area contributed by atoms with Gasteiger partial charge in [0.15, 0.2) is 0 Å². The zero-order valence-electron chi connectivity index (χ0n) is 10.0. The first-order valence-electron chi connectivity index (χ1n) is 5.81. The molecule has 0 saturated carbocycles. The third kappa shape index (κ3) is 2.95. The van der Waals surface area contributed by atoms with Crippen molar-refractivity contribution in [2.24, 2.45) is 5.73 Å². The molecule has 0 unspecified atom stereocenters. The predicted molar refractivity (Wildman–Crippen MR) is 78.7 cm³/mol. The van der Waals surface area contributed by atoms with Gasteiger partial charge in [-0.2, -0.15) is 11.8 Å². The zero-order chi connectivity index (χ0) is 12.3. The van der Waals surface area contributed by atoms with E-state index in [4.69, 9.17) is 5.73 Å². The van der Waals surface area contributed by atoms with E-state index < -0.39 is 0 Å². The van der Waals surface area contributed by atoms with Crippen LogP contribution in [0, 0.1) is 0 Å². The molecule has 0 atom stereocenters. The molecule has 94 valence electrons. The van der Waals surface area contributed by atoms with Gasteiger partial charge in [-0.1, -0.05) is 0 Å². The molecule has 0 bridgehead atoms. The van der Waals surface area contributed by atoms with Crippen molar-refractivity contribution in [3.05, 3.63) is 22.8 Å².